The molecule has 0 spiro atoms. The van der Waals surface area contributed by atoms with Gasteiger partial charge < -0.3 is 14.2 Å². The van der Waals surface area contributed by atoms with Crippen molar-refractivity contribution in [3.63, 3.8) is 0 Å². The number of hydrogen-bond acceptors (Lipinski definition) is 3. The molecule has 0 amide bonds. The first-order valence-corrected chi connectivity index (χ1v) is 41.9. The van der Waals surface area contributed by atoms with E-state index < -0.39 is 0 Å². The Balaban J connectivity index is -0.000000189. The minimum absolute atomic E-state index is 0.384. The highest BCUT2D eigenvalue weighted by atomic mass is 16.5. The van der Waals surface area contributed by atoms with E-state index in [0.29, 0.717) is 35.2 Å². The predicted molar refractivity (Wildman–Crippen MR) is 450 cm³/mol. The van der Waals surface area contributed by atoms with Gasteiger partial charge in [-0.05, 0) is 215 Å². The van der Waals surface area contributed by atoms with Crippen molar-refractivity contribution < 1.29 is 14.2 Å². The molecule has 3 nitrogen and oxygen atoms in total. The Bertz CT molecular complexity index is 1630. The lowest BCUT2D eigenvalue weighted by atomic mass is 9.69. The molecule has 1 aliphatic rings. The van der Waals surface area contributed by atoms with E-state index >= 15 is 0 Å². The van der Waals surface area contributed by atoms with Crippen LogP contribution in [0, 0.1) is 177 Å². The molecule has 97 heavy (non-hydrogen) atoms. The van der Waals surface area contributed by atoms with Crippen LogP contribution in [-0.4, -0.2) is 40.1 Å². The fraction of sp³-hybridized carbons (Fsp3) is 0.936. The quantitative estimate of drug-likeness (QED) is 0.0800. The summed E-state index contributed by atoms with van der Waals surface area (Å²) in [4.78, 5) is 0. The largest absolute Gasteiger partial charge is 0.385 e. The molecule has 0 saturated carbocycles. The standard InChI is InChI=1S/C13H20.C12H24O.2C11H24.2C10H22O.C10H22.C9H20.C8H18/c1-10(2)13(11(3)4)12-8-6-5-7-9-12;1-9(2)12(10(3)4)11-5-7-13-8-6-11;1-8(2)10(9(3)4)11(5,6)7;1-7-10(6)11(8(2)3)9(4)5;1-8(2)10(9(3)4)6-7-11-5;1-7(2)10(8(3)4)9(5)11-6;1-7(2)10(8(3)4)9(5)6;1-6-9(7(2)3)8(4)5;1-6(2)8(5)7(3)4/h5-11,13H,1-4H3;9-12H,5-8H2,1-4H3;8-10H,1-7H3;8-11H,7H2,1-6H3;8-10H,6-7H2,1-5H3;7-10H,1-6H3;7-10H,1-6H3;7-9H,6H2,1-5H3;6-8H,1-5H3. The van der Waals surface area contributed by atoms with Crippen LogP contribution in [0.15, 0.2) is 30.3 Å². The zero-order valence-corrected chi connectivity index (χ0v) is 76.7. The molecule has 0 aromatic heterocycles. The second kappa shape index (κ2) is 61.4. The third-order valence-electron chi connectivity index (χ3n) is 22.7. The van der Waals surface area contributed by atoms with Gasteiger partial charge in [0.15, 0.2) is 0 Å². The van der Waals surface area contributed by atoms with Crippen molar-refractivity contribution in [1.82, 2.24) is 0 Å². The Labute approximate surface area is 620 Å². The van der Waals surface area contributed by atoms with E-state index in [1.807, 2.05) is 0 Å². The van der Waals surface area contributed by atoms with E-state index in [9.17, 15) is 0 Å². The normalized spacial score (nSPS) is 14.0. The molecule has 3 heteroatoms. The molecule has 0 N–H and O–H groups in total. The van der Waals surface area contributed by atoms with Crippen molar-refractivity contribution in [2.75, 3.05) is 34.0 Å². The van der Waals surface area contributed by atoms with Crippen molar-refractivity contribution in [1.29, 1.82) is 0 Å². The highest BCUT2D eigenvalue weighted by Gasteiger charge is 2.31. The van der Waals surface area contributed by atoms with Crippen molar-refractivity contribution >= 4 is 0 Å². The topological polar surface area (TPSA) is 27.7 Å². The number of ether oxygens (including phenoxy) is 3. The number of benzene rings is 1. The molecule has 1 heterocycles. The molecule has 1 aromatic rings. The van der Waals surface area contributed by atoms with E-state index in [2.05, 4.69) is 349 Å². The van der Waals surface area contributed by atoms with Gasteiger partial charge >= 0.3 is 0 Å². The van der Waals surface area contributed by atoms with Gasteiger partial charge in [0.25, 0.3) is 0 Å². The van der Waals surface area contributed by atoms with Crippen LogP contribution in [-0.2, 0) is 14.2 Å². The molecule has 2 rings (SSSR count). The summed E-state index contributed by atoms with van der Waals surface area (Å²) in [5.74, 6) is 24.6. The summed E-state index contributed by atoms with van der Waals surface area (Å²) in [5.41, 5.74) is 1.94. The third kappa shape index (κ3) is 54.4. The second-order valence-electron chi connectivity index (χ2n) is 38.4. The molecule has 0 aliphatic carbocycles. The maximum absolute atomic E-state index is 5.41. The summed E-state index contributed by atoms with van der Waals surface area (Å²) in [6.45, 7) is 109. The SMILES string of the molecule is CC(C)C(C(C)C)C(C)(C)C.CC(C)C(C(C)C)C(C)C.CC(C)C(C(C)C)C1CCOCC1.CC(C)C(C)C(C)C.CC(C)C(c1ccccc1)C(C)C.CCC(C(C)C)C(C)C.CCC(C)C(C(C)C)C(C)C.COC(C)C(C(C)C)C(C)C.COCCC(C(C)C)C(C)C. The lowest BCUT2D eigenvalue weighted by Gasteiger charge is -2.37. The first-order chi connectivity index (χ1) is 44.2. The van der Waals surface area contributed by atoms with Gasteiger partial charge in [0.1, 0.15) is 0 Å². The van der Waals surface area contributed by atoms with Crippen LogP contribution in [0.4, 0.5) is 0 Å². The Morgan fingerprint density at radius 3 is 0.856 bits per heavy atom. The number of methoxy groups -OCH3 is 2. The Kier molecular flexibility index (Phi) is 69.3. The first kappa shape index (κ1) is 109. The van der Waals surface area contributed by atoms with Gasteiger partial charge in [-0.3, -0.25) is 0 Å². The van der Waals surface area contributed by atoms with E-state index in [-0.39, 0.29) is 0 Å². The minimum atomic E-state index is 0.384. The number of rotatable bonds is 29. The Morgan fingerprint density at radius 2 is 0.701 bits per heavy atom. The van der Waals surface area contributed by atoms with Crippen LogP contribution in [0.1, 0.15) is 362 Å². The average molecular weight is 1370 g/mol. The first-order valence-electron chi connectivity index (χ1n) is 41.9. The fourth-order valence-electron chi connectivity index (χ4n) is 18.8. The van der Waals surface area contributed by atoms with Crippen LogP contribution >= 0.6 is 0 Å². The van der Waals surface area contributed by atoms with Crippen molar-refractivity contribution in [3.05, 3.63) is 35.9 Å². The van der Waals surface area contributed by atoms with Crippen LogP contribution in [0.5, 0.6) is 0 Å². The summed E-state index contributed by atoms with van der Waals surface area (Å²) >= 11 is 0. The number of hydrogen-bond donors (Lipinski definition) is 0. The maximum atomic E-state index is 5.41. The molecule has 1 aliphatic heterocycles. The maximum Gasteiger partial charge on any atom is 0.0576 e. The molecule has 2 unspecified atom stereocenters. The zero-order valence-electron chi connectivity index (χ0n) is 76.7. The van der Waals surface area contributed by atoms with Crippen molar-refractivity contribution in [3.8, 4) is 0 Å². The monoisotopic (exact) mass is 1370 g/mol. The Hall–Kier alpha value is -0.900. The van der Waals surface area contributed by atoms with E-state index in [0.717, 1.165) is 174 Å². The van der Waals surface area contributed by atoms with Crippen LogP contribution in [0.3, 0.4) is 0 Å². The highest BCUT2D eigenvalue weighted by Crippen LogP contribution is 2.39. The summed E-state index contributed by atoms with van der Waals surface area (Å²) in [5, 5.41) is 0. The molecule has 1 fully saturated rings. The summed E-state index contributed by atoms with van der Waals surface area (Å²) in [7, 11) is 3.57. The third-order valence-corrected chi connectivity index (χ3v) is 22.7. The molecule has 0 bridgehead atoms. The van der Waals surface area contributed by atoms with Crippen LogP contribution in [0.25, 0.3) is 0 Å². The van der Waals surface area contributed by atoms with Gasteiger partial charge in [0, 0.05) is 34.0 Å². The highest BCUT2D eigenvalue weighted by molar-refractivity contribution is 5.20. The molecular formula is C94H196O3. The van der Waals surface area contributed by atoms with Gasteiger partial charge in [0.2, 0.25) is 0 Å². The smallest absolute Gasteiger partial charge is 0.0576 e. The van der Waals surface area contributed by atoms with Gasteiger partial charge in [-0.25, -0.2) is 0 Å². The predicted octanol–water partition coefficient (Wildman–Crippen LogP) is 31.1. The Morgan fingerprint density at radius 1 is 0.371 bits per heavy atom. The van der Waals surface area contributed by atoms with Crippen LogP contribution in [0.2, 0.25) is 0 Å². The van der Waals surface area contributed by atoms with Gasteiger partial charge in [-0.2, -0.15) is 0 Å². The molecule has 0 radical (unpaired) electrons. The van der Waals surface area contributed by atoms with E-state index in [1.54, 1.807) is 14.2 Å². The summed E-state index contributed by atoms with van der Waals surface area (Å²) in [6, 6.07) is 10.8. The van der Waals surface area contributed by atoms with E-state index in [4.69, 9.17) is 14.2 Å². The van der Waals surface area contributed by atoms with Crippen LogP contribution < -0.4 is 0 Å². The van der Waals surface area contributed by atoms with Gasteiger partial charge in [-0.15, -0.1) is 0 Å². The second-order valence-corrected chi connectivity index (χ2v) is 38.4. The van der Waals surface area contributed by atoms with Gasteiger partial charge in [0.05, 0.1) is 6.10 Å². The lowest BCUT2D eigenvalue weighted by Crippen LogP contribution is -2.30. The fourth-order valence-corrected chi connectivity index (χ4v) is 18.8. The minimum Gasteiger partial charge on any atom is -0.385 e. The summed E-state index contributed by atoms with van der Waals surface area (Å²) < 4.78 is 15.8. The molecule has 1 aromatic carbocycles. The molecule has 590 valence electrons. The average Bonchev–Trinajstić information content (AvgIpc) is 1.21. The van der Waals surface area contributed by atoms with E-state index in [1.165, 1.54) is 37.7 Å². The zero-order chi connectivity index (χ0) is 78.3. The molecule has 1 saturated heterocycles. The van der Waals surface area contributed by atoms with Crippen molar-refractivity contribution in [2.45, 2.75) is 363 Å². The molecular weight excluding hydrogens is 1180 g/mol. The van der Waals surface area contributed by atoms with Gasteiger partial charge in [-0.1, -0.05) is 355 Å². The molecule has 2 atom stereocenters. The lowest BCUT2D eigenvalue weighted by molar-refractivity contribution is 0.0253. The van der Waals surface area contributed by atoms with Crippen molar-refractivity contribution in [2.24, 2.45) is 177 Å². The summed E-state index contributed by atoms with van der Waals surface area (Å²) in [6.07, 6.45) is 6.79.